The van der Waals surface area contributed by atoms with Crippen LogP contribution in [0.3, 0.4) is 0 Å². The number of benzene rings is 2. The molecule has 21 heavy (non-hydrogen) atoms. The molecule has 0 spiro atoms. The van der Waals surface area contributed by atoms with Crippen molar-refractivity contribution in [2.24, 2.45) is 0 Å². The van der Waals surface area contributed by atoms with Crippen molar-refractivity contribution in [3.8, 4) is 0 Å². The highest BCUT2D eigenvalue weighted by Gasteiger charge is 2.10. The maximum absolute atomic E-state index is 12.2. The van der Waals surface area contributed by atoms with E-state index in [4.69, 9.17) is 5.11 Å². The highest BCUT2D eigenvalue weighted by molar-refractivity contribution is 7.98. The van der Waals surface area contributed by atoms with Gasteiger partial charge >= 0.3 is 5.97 Å². The number of rotatable bonds is 5. The third kappa shape index (κ3) is 4.10. The van der Waals surface area contributed by atoms with E-state index in [0.29, 0.717) is 16.8 Å². The summed E-state index contributed by atoms with van der Waals surface area (Å²) in [5.41, 5.74) is 1.65. The Labute approximate surface area is 127 Å². The molecule has 0 radical (unpaired) electrons. The summed E-state index contributed by atoms with van der Waals surface area (Å²) in [5.74, 6) is -1.18. The fourth-order valence-corrected chi connectivity index (χ4v) is 2.30. The molecule has 0 aliphatic heterocycles. The molecule has 0 atom stereocenters. The van der Waals surface area contributed by atoms with Gasteiger partial charge in [0.2, 0.25) is 0 Å². The SMILES string of the molecule is CSc1ccc(C(=O)Nc2ccccc2CC(=O)O)cc1. The Morgan fingerprint density at radius 3 is 2.38 bits per heavy atom. The van der Waals surface area contributed by atoms with E-state index in [2.05, 4.69) is 5.32 Å². The van der Waals surface area contributed by atoms with E-state index >= 15 is 0 Å². The minimum Gasteiger partial charge on any atom is -0.481 e. The van der Waals surface area contributed by atoms with E-state index in [1.165, 1.54) is 0 Å². The van der Waals surface area contributed by atoms with Crippen molar-refractivity contribution < 1.29 is 14.7 Å². The summed E-state index contributed by atoms with van der Waals surface area (Å²) in [7, 11) is 0. The van der Waals surface area contributed by atoms with Gasteiger partial charge in [-0.25, -0.2) is 0 Å². The van der Waals surface area contributed by atoms with Crippen LogP contribution in [0.5, 0.6) is 0 Å². The molecule has 0 fully saturated rings. The summed E-state index contributed by atoms with van der Waals surface area (Å²) in [5, 5.41) is 11.6. The first-order valence-corrected chi connectivity index (χ1v) is 7.57. The molecule has 0 aliphatic carbocycles. The molecule has 5 heteroatoms. The first-order valence-electron chi connectivity index (χ1n) is 6.35. The fraction of sp³-hybridized carbons (Fsp3) is 0.125. The molecule has 0 unspecified atom stereocenters. The number of thioether (sulfide) groups is 1. The molecule has 2 N–H and O–H groups in total. The molecule has 0 saturated heterocycles. The second kappa shape index (κ2) is 6.95. The minimum absolute atomic E-state index is 0.123. The molecule has 2 rings (SSSR count). The number of para-hydroxylation sites is 1. The molecular weight excluding hydrogens is 286 g/mol. The highest BCUT2D eigenvalue weighted by Crippen LogP contribution is 2.18. The second-order valence-electron chi connectivity index (χ2n) is 4.41. The lowest BCUT2D eigenvalue weighted by atomic mass is 10.1. The Morgan fingerprint density at radius 1 is 1.10 bits per heavy atom. The average Bonchev–Trinajstić information content (AvgIpc) is 2.49. The number of nitrogens with one attached hydrogen (secondary N) is 1. The van der Waals surface area contributed by atoms with E-state index in [9.17, 15) is 9.59 Å². The Bertz CT molecular complexity index is 653. The van der Waals surface area contributed by atoms with Crippen molar-refractivity contribution in [1.29, 1.82) is 0 Å². The van der Waals surface area contributed by atoms with Crippen LogP contribution < -0.4 is 5.32 Å². The molecule has 108 valence electrons. The predicted molar refractivity (Wildman–Crippen MR) is 84.0 cm³/mol. The predicted octanol–water partition coefficient (Wildman–Crippen LogP) is 3.29. The Balaban J connectivity index is 2.17. The summed E-state index contributed by atoms with van der Waals surface area (Å²) in [6, 6.07) is 14.2. The van der Waals surface area contributed by atoms with E-state index in [1.807, 2.05) is 18.4 Å². The quantitative estimate of drug-likeness (QED) is 0.832. The zero-order chi connectivity index (χ0) is 15.2. The number of carbonyl (C=O) groups excluding carboxylic acids is 1. The van der Waals surface area contributed by atoms with Gasteiger partial charge in [0.05, 0.1) is 6.42 Å². The van der Waals surface area contributed by atoms with E-state index in [0.717, 1.165) is 4.90 Å². The molecular formula is C16H15NO3S. The molecule has 4 nitrogen and oxygen atoms in total. The lowest BCUT2D eigenvalue weighted by molar-refractivity contribution is -0.136. The van der Waals surface area contributed by atoms with Crippen LogP contribution in [0.1, 0.15) is 15.9 Å². The van der Waals surface area contributed by atoms with Gasteiger partial charge in [0.1, 0.15) is 0 Å². The van der Waals surface area contributed by atoms with E-state index < -0.39 is 5.97 Å². The molecule has 0 saturated carbocycles. The zero-order valence-corrected chi connectivity index (χ0v) is 12.3. The number of amides is 1. The third-order valence-electron chi connectivity index (χ3n) is 2.96. The van der Waals surface area contributed by atoms with Crippen LogP contribution >= 0.6 is 11.8 Å². The van der Waals surface area contributed by atoms with Crippen LogP contribution in [0, 0.1) is 0 Å². The number of hydrogen-bond acceptors (Lipinski definition) is 3. The van der Waals surface area contributed by atoms with Crippen molar-refractivity contribution in [3.05, 3.63) is 59.7 Å². The van der Waals surface area contributed by atoms with Gasteiger partial charge < -0.3 is 10.4 Å². The lowest BCUT2D eigenvalue weighted by Crippen LogP contribution is -2.14. The number of carbonyl (C=O) groups is 2. The minimum atomic E-state index is -0.930. The monoisotopic (exact) mass is 301 g/mol. The van der Waals surface area contributed by atoms with Crippen LogP contribution in [0.25, 0.3) is 0 Å². The molecule has 2 aromatic carbocycles. The van der Waals surface area contributed by atoms with E-state index in [1.54, 1.807) is 48.2 Å². The average molecular weight is 301 g/mol. The third-order valence-corrected chi connectivity index (χ3v) is 3.70. The summed E-state index contributed by atoms with van der Waals surface area (Å²) >= 11 is 1.61. The van der Waals surface area contributed by atoms with Crippen molar-refractivity contribution in [1.82, 2.24) is 0 Å². The highest BCUT2D eigenvalue weighted by atomic mass is 32.2. The van der Waals surface area contributed by atoms with Gasteiger partial charge in [-0.2, -0.15) is 0 Å². The van der Waals surface area contributed by atoms with Crippen LogP contribution in [-0.2, 0) is 11.2 Å². The Hall–Kier alpha value is -2.27. The van der Waals surface area contributed by atoms with Crippen molar-refractivity contribution in [2.75, 3.05) is 11.6 Å². The lowest BCUT2D eigenvalue weighted by Gasteiger charge is -2.10. The number of anilines is 1. The molecule has 0 aromatic heterocycles. The summed E-state index contributed by atoms with van der Waals surface area (Å²) < 4.78 is 0. The molecule has 2 aromatic rings. The summed E-state index contributed by atoms with van der Waals surface area (Å²) in [4.78, 5) is 24.1. The molecule has 0 bridgehead atoms. The normalized spacial score (nSPS) is 10.1. The van der Waals surface area contributed by atoms with Gasteiger partial charge in [-0.3, -0.25) is 9.59 Å². The zero-order valence-electron chi connectivity index (χ0n) is 11.5. The van der Waals surface area contributed by atoms with Gasteiger partial charge in [-0.05, 0) is 42.2 Å². The summed E-state index contributed by atoms with van der Waals surface area (Å²) in [6.07, 6.45) is 1.85. The number of hydrogen-bond donors (Lipinski definition) is 2. The first-order chi connectivity index (χ1) is 10.1. The second-order valence-corrected chi connectivity index (χ2v) is 5.29. The summed E-state index contributed by atoms with van der Waals surface area (Å²) in [6.45, 7) is 0. The largest absolute Gasteiger partial charge is 0.481 e. The van der Waals surface area contributed by atoms with Crippen molar-refractivity contribution in [2.45, 2.75) is 11.3 Å². The van der Waals surface area contributed by atoms with Gasteiger partial charge in [0.15, 0.2) is 0 Å². The Kier molecular flexibility index (Phi) is 5.00. The maximum Gasteiger partial charge on any atom is 0.307 e. The fourth-order valence-electron chi connectivity index (χ4n) is 1.90. The number of carboxylic acids is 1. The smallest absolute Gasteiger partial charge is 0.307 e. The van der Waals surface area contributed by atoms with Crippen molar-refractivity contribution in [3.63, 3.8) is 0 Å². The maximum atomic E-state index is 12.2. The van der Waals surface area contributed by atoms with E-state index in [-0.39, 0.29) is 12.3 Å². The van der Waals surface area contributed by atoms with Gasteiger partial charge in [-0.15, -0.1) is 11.8 Å². The number of carboxylic acid groups (broad SMARTS) is 1. The van der Waals surface area contributed by atoms with Crippen LogP contribution in [0.2, 0.25) is 0 Å². The van der Waals surface area contributed by atoms with Crippen LogP contribution in [0.4, 0.5) is 5.69 Å². The van der Waals surface area contributed by atoms with Gasteiger partial charge in [-0.1, -0.05) is 18.2 Å². The van der Waals surface area contributed by atoms with Gasteiger partial charge in [0, 0.05) is 16.1 Å². The standard InChI is InChI=1S/C16H15NO3S/c1-21-13-8-6-11(7-9-13)16(20)17-14-5-3-2-4-12(14)10-15(18)19/h2-9H,10H2,1H3,(H,17,20)(H,18,19). The van der Waals surface area contributed by atoms with Crippen LogP contribution in [-0.4, -0.2) is 23.2 Å². The molecule has 0 heterocycles. The number of aliphatic carboxylic acids is 1. The van der Waals surface area contributed by atoms with Crippen molar-refractivity contribution >= 4 is 29.3 Å². The molecule has 0 aliphatic rings. The topological polar surface area (TPSA) is 66.4 Å². The molecule has 1 amide bonds. The van der Waals surface area contributed by atoms with Gasteiger partial charge in [0.25, 0.3) is 5.91 Å². The van der Waals surface area contributed by atoms with Crippen LogP contribution in [0.15, 0.2) is 53.4 Å². The first kappa shape index (κ1) is 15.1. The Morgan fingerprint density at radius 2 is 1.76 bits per heavy atom.